The van der Waals surface area contributed by atoms with Gasteiger partial charge in [0, 0.05) is 41.9 Å². The molecule has 0 spiro atoms. The van der Waals surface area contributed by atoms with Crippen molar-refractivity contribution in [1.29, 1.82) is 0 Å². The van der Waals surface area contributed by atoms with Gasteiger partial charge in [0.05, 0.1) is 7.11 Å². The van der Waals surface area contributed by atoms with Crippen LogP contribution in [0.1, 0.15) is 12.0 Å². The quantitative estimate of drug-likeness (QED) is 0.720. The number of methoxy groups -OCH3 is 1. The third-order valence-corrected chi connectivity index (χ3v) is 5.33. The van der Waals surface area contributed by atoms with Crippen molar-refractivity contribution in [3.63, 3.8) is 0 Å². The van der Waals surface area contributed by atoms with Gasteiger partial charge in [-0.15, -0.1) is 0 Å². The van der Waals surface area contributed by atoms with Crippen LogP contribution >= 0.6 is 23.2 Å². The van der Waals surface area contributed by atoms with E-state index in [0.29, 0.717) is 5.02 Å². The molecule has 0 N–H and O–H groups in total. The molecule has 0 atom stereocenters. The average molecular weight is 379 g/mol. The van der Waals surface area contributed by atoms with Crippen molar-refractivity contribution < 1.29 is 4.74 Å². The van der Waals surface area contributed by atoms with Crippen LogP contribution in [-0.2, 0) is 6.42 Å². The van der Waals surface area contributed by atoms with Gasteiger partial charge in [-0.05, 0) is 61.3 Å². The minimum absolute atomic E-state index is 0.698. The molecule has 3 rings (SSSR count). The second-order valence-corrected chi connectivity index (χ2v) is 7.21. The van der Waals surface area contributed by atoms with E-state index >= 15 is 0 Å². The van der Waals surface area contributed by atoms with Crippen LogP contribution in [0, 0.1) is 0 Å². The molecule has 0 unspecified atom stereocenters. The summed E-state index contributed by atoms with van der Waals surface area (Å²) in [6, 6.07) is 14.1. The van der Waals surface area contributed by atoms with Crippen LogP contribution in [0.4, 0.5) is 5.69 Å². The van der Waals surface area contributed by atoms with Gasteiger partial charge >= 0.3 is 0 Å². The van der Waals surface area contributed by atoms with E-state index in [4.69, 9.17) is 27.9 Å². The normalized spacial score (nSPS) is 15.4. The van der Waals surface area contributed by atoms with Gasteiger partial charge in [-0.25, -0.2) is 0 Å². The van der Waals surface area contributed by atoms with E-state index in [-0.39, 0.29) is 0 Å². The fraction of sp³-hybridized carbons (Fsp3) is 0.400. The Morgan fingerprint density at radius 3 is 2.32 bits per heavy atom. The maximum absolute atomic E-state index is 6.25. The van der Waals surface area contributed by atoms with Gasteiger partial charge < -0.3 is 9.64 Å². The van der Waals surface area contributed by atoms with Gasteiger partial charge in [0.25, 0.3) is 0 Å². The van der Waals surface area contributed by atoms with E-state index in [0.717, 1.165) is 56.3 Å². The minimum Gasteiger partial charge on any atom is -0.497 e. The van der Waals surface area contributed by atoms with Gasteiger partial charge in [0.15, 0.2) is 0 Å². The number of rotatable bonds is 6. The number of nitrogens with zero attached hydrogens (tertiary/aromatic N) is 2. The molecule has 0 saturated carbocycles. The molecule has 1 fully saturated rings. The van der Waals surface area contributed by atoms with E-state index in [2.05, 4.69) is 21.9 Å². The van der Waals surface area contributed by atoms with Crippen LogP contribution in [0.15, 0.2) is 42.5 Å². The molecule has 1 heterocycles. The number of hydrogen-bond acceptors (Lipinski definition) is 3. The largest absolute Gasteiger partial charge is 0.497 e. The number of hydrogen-bond donors (Lipinski definition) is 0. The first-order valence-corrected chi connectivity index (χ1v) is 9.46. The fourth-order valence-corrected chi connectivity index (χ4v) is 3.74. The Hall–Kier alpha value is -1.42. The molecule has 0 amide bonds. The summed E-state index contributed by atoms with van der Waals surface area (Å²) in [6.45, 7) is 5.43. The SMILES string of the molecule is COc1ccc(N2CCN(CCCc3ccc(Cl)cc3Cl)CC2)cc1. The summed E-state index contributed by atoms with van der Waals surface area (Å²) < 4.78 is 5.23. The first kappa shape index (κ1) is 18.4. The zero-order valence-corrected chi connectivity index (χ0v) is 16.1. The first-order chi connectivity index (χ1) is 12.2. The van der Waals surface area contributed by atoms with E-state index in [9.17, 15) is 0 Å². The second-order valence-electron chi connectivity index (χ2n) is 6.37. The van der Waals surface area contributed by atoms with Gasteiger partial charge in [0.1, 0.15) is 5.75 Å². The van der Waals surface area contributed by atoms with Crippen LogP contribution in [0.5, 0.6) is 5.75 Å². The lowest BCUT2D eigenvalue weighted by atomic mass is 10.1. The molecule has 1 saturated heterocycles. The summed E-state index contributed by atoms with van der Waals surface area (Å²) in [7, 11) is 1.70. The molecule has 1 aliphatic rings. The lowest BCUT2D eigenvalue weighted by Crippen LogP contribution is -2.46. The smallest absolute Gasteiger partial charge is 0.119 e. The Labute approximate surface area is 160 Å². The lowest BCUT2D eigenvalue weighted by Gasteiger charge is -2.36. The van der Waals surface area contributed by atoms with Crippen LogP contribution in [0.3, 0.4) is 0 Å². The topological polar surface area (TPSA) is 15.7 Å². The summed E-state index contributed by atoms with van der Waals surface area (Å²) >= 11 is 12.2. The van der Waals surface area contributed by atoms with E-state index in [1.165, 1.54) is 11.3 Å². The third-order valence-electron chi connectivity index (χ3n) is 4.75. The van der Waals surface area contributed by atoms with Crippen molar-refractivity contribution in [3.8, 4) is 5.75 Å². The van der Waals surface area contributed by atoms with E-state index in [1.54, 1.807) is 7.11 Å². The van der Waals surface area contributed by atoms with E-state index < -0.39 is 0 Å². The van der Waals surface area contributed by atoms with Gasteiger partial charge in [-0.3, -0.25) is 4.90 Å². The molecule has 2 aromatic carbocycles. The summed E-state index contributed by atoms with van der Waals surface area (Å²) in [5, 5.41) is 1.47. The maximum atomic E-state index is 6.25. The second kappa shape index (κ2) is 8.79. The zero-order chi connectivity index (χ0) is 17.6. The highest BCUT2D eigenvalue weighted by Gasteiger charge is 2.17. The van der Waals surface area contributed by atoms with Gasteiger partial charge in [0.2, 0.25) is 0 Å². The number of aryl methyl sites for hydroxylation is 1. The standard InChI is InChI=1S/C20H24Cl2N2O/c1-25-19-8-6-18(7-9-19)24-13-11-23(12-14-24)10-2-3-16-4-5-17(21)15-20(16)22/h4-9,15H,2-3,10-14H2,1H3. The molecule has 5 heteroatoms. The van der Waals surface area contributed by atoms with Crippen molar-refractivity contribution >= 4 is 28.9 Å². The predicted molar refractivity (Wildman–Crippen MR) is 106 cm³/mol. The molecule has 1 aliphatic heterocycles. The Kier molecular flexibility index (Phi) is 6.46. The minimum atomic E-state index is 0.698. The van der Waals surface area contributed by atoms with Crippen LogP contribution in [0.2, 0.25) is 10.0 Å². The Balaban J connectivity index is 1.43. The van der Waals surface area contributed by atoms with Gasteiger partial charge in [-0.2, -0.15) is 0 Å². The Morgan fingerprint density at radius 2 is 1.68 bits per heavy atom. The van der Waals surface area contributed by atoms with Crippen molar-refractivity contribution in [1.82, 2.24) is 4.90 Å². The summed E-state index contributed by atoms with van der Waals surface area (Å²) in [6.07, 6.45) is 2.11. The number of anilines is 1. The first-order valence-electron chi connectivity index (χ1n) is 8.71. The van der Waals surface area contributed by atoms with Crippen molar-refractivity contribution in [2.45, 2.75) is 12.8 Å². The van der Waals surface area contributed by atoms with Crippen molar-refractivity contribution in [2.24, 2.45) is 0 Å². The number of benzene rings is 2. The Morgan fingerprint density at radius 1 is 0.960 bits per heavy atom. The molecule has 3 nitrogen and oxygen atoms in total. The monoisotopic (exact) mass is 378 g/mol. The number of halogens is 2. The lowest BCUT2D eigenvalue weighted by molar-refractivity contribution is 0.255. The van der Waals surface area contributed by atoms with Crippen LogP contribution in [0.25, 0.3) is 0 Å². The molecular weight excluding hydrogens is 355 g/mol. The molecular formula is C20H24Cl2N2O. The predicted octanol–water partition coefficient (Wildman–Crippen LogP) is 4.76. The molecule has 134 valence electrons. The number of piperazine rings is 1. The molecule has 0 aliphatic carbocycles. The highest BCUT2D eigenvalue weighted by Crippen LogP contribution is 2.23. The molecule has 0 aromatic heterocycles. The Bertz CT molecular complexity index is 683. The third kappa shape index (κ3) is 5.04. The highest BCUT2D eigenvalue weighted by atomic mass is 35.5. The molecule has 25 heavy (non-hydrogen) atoms. The molecule has 0 radical (unpaired) electrons. The molecule has 2 aromatic rings. The highest BCUT2D eigenvalue weighted by molar-refractivity contribution is 6.35. The fourth-order valence-electron chi connectivity index (χ4n) is 3.24. The average Bonchev–Trinajstić information content (AvgIpc) is 2.64. The summed E-state index contributed by atoms with van der Waals surface area (Å²) in [5.74, 6) is 0.906. The summed E-state index contributed by atoms with van der Waals surface area (Å²) in [4.78, 5) is 4.97. The summed E-state index contributed by atoms with van der Waals surface area (Å²) in [5.41, 5.74) is 2.45. The number of ether oxygens (including phenoxy) is 1. The van der Waals surface area contributed by atoms with E-state index in [1.807, 2.05) is 30.3 Å². The van der Waals surface area contributed by atoms with Gasteiger partial charge in [-0.1, -0.05) is 29.3 Å². The van der Waals surface area contributed by atoms with Crippen LogP contribution < -0.4 is 9.64 Å². The van der Waals surface area contributed by atoms with Crippen LogP contribution in [-0.4, -0.2) is 44.7 Å². The van der Waals surface area contributed by atoms with Crippen molar-refractivity contribution in [3.05, 3.63) is 58.1 Å². The van der Waals surface area contributed by atoms with Crippen molar-refractivity contribution in [2.75, 3.05) is 44.7 Å². The maximum Gasteiger partial charge on any atom is 0.119 e. The molecule has 0 bridgehead atoms. The zero-order valence-electron chi connectivity index (χ0n) is 14.5.